The Hall–Kier alpha value is -1.85. The Morgan fingerprint density at radius 2 is 2.12 bits per heavy atom. The number of nitrogens with one attached hydrogen (secondary N) is 1. The molecule has 1 aromatic heterocycles. The molecule has 17 heavy (non-hydrogen) atoms. The topological polar surface area (TPSA) is 90.4 Å². The highest BCUT2D eigenvalue weighted by Gasteiger charge is 2.19. The number of carboxylic acid groups (broad SMARTS) is 1. The molecular weight excluding hydrogens is 246 g/mol. The van der Waals surface area contributed by atoms with Crippen molar-refractivity contribution in [2.24, 2.45) is 0 Å². The Morgan fingerprint density at radius 3 is 2.71 bits per heavy atom. The van der Waals surface area contributed by atoms with Gasteiger partial charge in [-0.15, -0.1) is 0 Å². The second kappa shape index (κ2) is 4.20. The number of hydrogen-bond acceptors (Lipinski definition) is 3. The van der Waals surface area contributed by atoms with E-state index in [9.17, 15) is 14.7 Å². The first-order valence-corrected chi connectivity index (χ1v) is 5.11. The lowest BCUT2D eigenvalue weighted by molar-refractivity contribution is 0.0691. The first kappa shape index (κ1) is 11.6. The normalized spacial score (nSPS) is 10.7. The van der Waals surface area contributed by atoms with Gasteiger partial charge in [0, 0.05) is 10.9 Å². The van der Waals surface area contributed by atoms with Gasteiger partial charge in [0.1, 0.15) is 5.56 Å². The van der Waals surface area contributed by atoms with Gasteiger partial charge in [-0.3, -0.25) is 4.79 Å². The molecule has 6 heteroatoms. The summed E-state index contributed by atoms with van der Waals surface area (Å²) in [5.41, 5.74) is -0.803. The van der Waals surface area contributed by atoms with Crippen molar-refractivity contribution in [3.8, 4) is 0 Å². The third kappa shape index (κ3) is 1.79. The molecule has 88 valence electrons. The lowest BCUT2D eigenvalue weighted by Crippen LogP contribution is -2.21. The average Bonchev–Trinajstić information content (AvgIpc) is 2.26. The Morgan fingerprint density at radius 1 is 1.41 bits per heavy atom. The fourth-order valence-corrected chi connectivity index (χ4v) is 2.05. The molecule has 2 rings (SSSR count). The molecule has 1 aromatic carbocycles. The van der Waals surface area contributed by atoms with Gasteiger partial charge in [0.2, 0.25) is 0 Å². The number of aromatic carboxylic acids is 1. The number of aromatic amines is 1. The number of aliphatic hydroxyl groups is 1. The molecule has 0 saturated heterocycles. The standard InChI is InChI=1S/C11H8ClNO4/c12-6-2-1-3-7-8(6)5(4-14)9(11(16)17)10(15)13-7/h1-3,14H,4H2,(H,13,15)(H,16,17). The predicted octanol–water partition coefficient (Wildman–Crippen LogP) is 1.37. The number of halogens is 1. The van der Waals surface area contributed by atoms with E-state index in [-0.39, 0.29) is 10.6 Å². The van der Waals surface area contributed by atoms with E-state index in [2.05, 4.69) is 4.98 Å². The summed E-state index contributed by atoms with van der Waals surface area (Å²) >= 11 is 5.94. The highest BCUT2D eigenvalue weighted by Crippen LogP contribution is 2.26. The molecule has 0 unspecified atom stereocenters. The smallest absolute Gasteiger partial charge is 0.341 e. The number of H-pyrrole nitrogens is 1. The Balaban J connectivity index is 3.03. The Bertz CT molecular complexity index is 662. The van der Waals surface area contributed by atoms with E-state index in [0.29, 0.717) is 10.9 Å². The summed E-state index contributed by atoms with van der Waals surface area (Å²) in [6.45, 7) is -0.564. The van der Waals surface area contributed by atoms with E-state index in [0.717, 1.165) is 0 Å². The van der Waals surface area contributed by atoms with Crippen molar-refractivity contribution in [1.29, 1.82) is 0 Å². The molecule has 0 bridgehead atoms. The minimum absolute atomic E-state index is 0.0295. The zero-order chi connectivity index (χ0) is 12.6. The van der Waals surface area contributed by atoms with Gasteiger partial charge in [-0.2, -0.15) is 0 Å². The van der Waals surface area contributed by atoms with Crippen LogP contribution in [0, 0.1) is 0 Å². The van der Waals surface area contributed by atoms with Crippen LogP contribution >= 0.6 is 11.6 Å². The Kier molecular flexibility index (Phi) is 2.87. The van der Waals surface area contributed by atoms with Crippen LogP contribution in [-0.2, 0) is 6.61 Å². The van der Waals surface area contributed by atoms with Crippen LogP contribution < -0.4 is 5.56 Å². The first-order chi connectivity index (χ1) is 8.06. The van der Waals surface area contributed by atoms with Gasteiger partial charge in [0.25, 0.3) is 5.56 Å². The van der Waals surface area contributed by atoms with Crippen molar-refractivity contribution < 1.29 is 15.0 Å². The van der Waals surface area contributed by atoms with Crippen LogP contribution in [0.1, 0.15) is 15.9 Å². The number of aliphatic hydroxyl groups excluding tert-OH is 1. The van der Waals surface area contributed by atoms with E-state index in [1.165, 1.54) is 0 Å². The average molecular weight is 254 g/mol. The van der Waals surface area contributed by atoms with E-state index in [4.69, 9.17) is 16.7 Å². The van der Waals surface area contributed by atoms with Crippen LogP contribution in [0.4, 0.5) is 0 Å². The second-order valence-corrected chi connectivity index (χ2v) is 3.84. The number of carbonyl (C=O) groups is 1. The summed E-state index contributed by atoms with van der Waals surface area (Å²) in [6, 6.07) is 4.78. The number of rotatable bonds is 2. The van der Waals surface area contributed by atoms with Crippen LogP contribution in [0.3, 0.4) is 0 Å². The monoisotopic (exact) mass is 253 g/mol. The fraction of sp³-hybridized carbons (Fsp3) is 0.0909. The van der Waals surface area contributed by atoms with Gasteiger partial charge in [0.15, 0.2) is 0 Å². The maximum absolute atomic E-state index is 11.6. The first-order valence-electron chi connectivity index (χ1n) is 4.73. The number of aromatic nitrogens is 1. The summed E-state index contributed by atoms with van der Waals surface area (Å²) < 4.78 is 0. The number of fused-ring (bicyclic) bond motifs is 1. The lowest BCUT2D eigenvalue weighted by Gasteiger charge is -2.08. The van der Waals surface area contributed by atoms with E-state index in [1.54, 1.807) is 18.2 Å². The van der Waals surface area contributed by atoms with Gasteiger partial charge in [-0.05, 0) is 12.1 Å². The van der Waals surface area contributed by atoms with Crippen LogP contribution in [0.15, 0.2) is 23.0 Å². The van der Waals surface area contributed by atoms with Crippen molar-refractivity contribution in [3.05, 3.63) is 44.7 Å². The van der Waals surface area contributed by atoms with Crippen LogP contribution in [-0.4, -0.2) is 21.2 Å². The molecule has 0 atom stereocenters. The molecule has 0 fully saturated rings. The third-order valence-electron chi connectivity index (χ3n) is 2.46. The molecule has 0 aliphatic heterocycles. The summed E-state index contributed by atoms with van der Waals surface area (Å²) in [7, 11) is 0. The molecular formula is C11H8ClNO4. The molecule has 0 saturated carbocycles. The molecule has 0 amide bonds. The number of pyridine rings is 1. The molecule has 2 aromatic rings. The van der Waals surface area contributed by atoms with Crippen molar-refractivity contribution >= 4 is 28.5 Å². The molecule has 3 N–H and O–H groups in total. The van der Waals surface area contributed by atoms with Crippen molar-refractivity contribution in [2.75, 3.05) is 0 Å². The van der Waals surface area contributed by atoms with E-state index in [1.807, 2.05) is 0 Å². The SMILES string of the molecule is O=C(O)c1c(CO)c2c(Cl)cccc2[nH]c1=O. The quantitative estimate of drug-likeness (QED) is 0.754. The zero-order valence-electron chi connectivity index (χ0n) is 8.53. The largest absolute Gasteiger partial charge is 0.477 e. The van der Waals surface area contributed by atoms with E-state index >= 15 is 0 Å². The molecule has 0 aliphatic carbocycles. The summed E-state index contributed by atoms with van der Waals surface area (Å²) in [6.07, 6.45) is 0. The van der Waals surface area contributed by atoms with Crippen LogP contribution in [0.5, 0.6) is 0 Å². The highest BCUT2D eigenvalue weighted by molar-refractivity contribution is 6.35. The minimum atomic E-state index is -1.39. The second-order valence-electron chi connectivity index (χ2n) is 3.43. The number of hydrogen-bond donors (Lipinski definition) is 3. The van der Waals surface area contributed by atoms with Gasteiger partial charge >= 0.3 is 5.97 Å². The van der Waals surface area contributed by atoms with Gasteiger partial charge in [-0.25, -0.2) is 4.79 Å². The van der Waals surface area contributed by atoms with Gasteiger partial charge in [0.05, 0.1) is 17.1 Å². The van der Waals surface area contributed by atoms with Crippen molar-refractivity contribution in [2.45, 2.75) is 6.61 Å². The number of carboxylic acids is 1. The molecule has 0 spiro atoms. The van der Waals surface area contributed by atoms with Crippen molar-refractivity contribution in [1.82, 2.24) is 4.98 Å². The third-order valence-corrected chi connectivity index (χ3v) is 2.78. The fourth-order valence-electron chi connectivity index (χ4n) is 1.77. The lowest BCUT2D eigenvalue weighted by atomic mass is 10.0. The van der Waals surface area contributed by atoms with Gasteiger partial charge in [-0.1, -0.05) is 17.7 Å². The predicted molar refractivity (Wildman–Crippen MR) is 62.5 cm³/mol. The Labute approximate surface area is 100 Å². The molecule has 0 radical (unpaired) electrons. The zero-order valence-corrected chi connectivity index (χ0v) is 9.28. The summed E-state index contributed by atoms with van der Waals surface area (Å²) in [5, 5.41) is 18.8. The summed E-state index contributed by atoms with van der Waals surface area (Å²) in [5.74, 6) is -1.39. The minimum Gasteiger partial charge on any atom is -0.477 e. The van der Waals surface area contributed by atoms with Crippen LogP contribution in [0.25, 0.3) is 10.9 Å². The highest BCUT2D eigenvalue weighted by atomic mass is 35.5. The van der Waals surface area contributed by atoms with E-state index < -0.39 is 23.7 Å². The van der Waals surface area contributed by atoms with Gasteiger partial charge < -0.3 is 15.2 Å². The maximum Gasteiger partial charge on any atom is 0.341 e. The molecule has 0 aliphatic rings. The van der Waals surface area contributed by atoms with Crippen molar-refractivity contribution in [3.63, 3.8) is 0 Å². The summed E-state index contributed by atoms with van der Waals surface area (Å²) in [4.78, 5) is 25.0. The van der Waals surface area contributed by atoms with Crippen LogP contribution in [0.2, 0.25) is 5.02 Å². The number of benzene rings is 1. The molecule has 5 nitrogen and oxygen atoms in total. The maximum atomic E-state index is 11.6. The molecule has 1 heterocycles.